The number of carbonyl (C=O) groups excluding carboxylic acids is 1. The van der Waals surface area contributed by atoms with Gasteiger partial charge in [0.05, 0.1) is 19.1 Å². The smallest absolute Gasteiger partial charge is 0.330 e. The van der Waals surface area contributed by atoms with Gasteiger partial charge in [0.15, 0.2) is 0 Å². The van der Waals surface area contributed by atoms with Crippen molar-refractivity contribution in [2.24, 2.45) is 5.73 Å². The van der Waals surface area contributed by atoms with Gasteiger partial charge in [-0.1, -0.05) is 12.8 Å². The van der Waals surface area contributed by atoms with E-state index in [1.54, 1.807) is 0 Å². The van der Waals surface area contributed by atoms with Crippen molar-refractivity contribution >= 4 is 5.91 Å². The molecule has 0 aromatic carbocycles. The number of carbonyl (C=O) groups is 1. The summed E-state index contributed by atoms with van der Waals surface area (Å²) in [7, 11) is 0. The molecular weight excluding hydrogens is 356 g/mol. The molecule has 6 N–H and O–H groups in total. The molecule has 0 unspecified atom stereocenters. The van der Waals surface area contributed by atoms with Gasteiger partial charge >= 0.3 is 5.69 Å². The van der Waals surface area contributed by atoms with Crippen LogP contribution in [0.25, 0.3) is 0 Å². The Bertz CT molecular complexity index is 731. The van der Waals surface area contributed by atoms with Gasteiger partial charge in [-0.05, 0) is 19.4 Å². The Morgan fingerprint density at radius 3 is 2.74 bits per heavy atom. The molecule has 3 atom stereocenters. The molecule has 10 heteroatoms. The molecule has 1 aliphatic rings. The van der Waals surface area contributed by atoms with E-state index in [1.165, 1.54) is 6.20 Å². The van der Waals surface area contributed by atoms with Crippen molar-refractivity contribution in [1.29, 1.82) is 0 Å². The number of unbranched alkanes of at least 4 members (excludes halogenated alkanes) is 3. The Balaban J connectivity index is 1.96. The summed E-state index contributed by atoms with van der Waals surface area (Å²) >= 11 is 0. The number of hydrogen-bond donors (Lipinski definition) is 5. The van der Waals surface area contributed by atoms with Gasteiger partial charge in [-0.15, -0.1) is 0 Å². The number of aliphatic hydroxyl groups is 2. The predicted molar refractivity (Wildman–Crippen MR) is 97.2 cm³/mol. The average molecular weight is 384 g/mol. The number of aromatic amines is 1. The van der Waals surface area contributed by atoms with E-state index in [-0.39, 0.29) is 30.9 Å². The molecule has 152 valence electrons. The van der Waals surface area contributed by atoms with Crippen LogP contribution in [0.3, 0.4) is 0 Å². The summed E-state index contributed by atoms with van der Waals surface area (Å²) in [5.74, 6) is -0.315. The molecule has 0 saturated carbocycles. The quantitative estimate of drug-likeness (QED) is 0.302. The lowest BCUT2D eigenvalue weighted by molar-refractivity contribution is -0.120. The standard InChI is InChI=1S/C17H28N4O6/c18-5-3-1-2-4-6-19-14(24)7-11-9-21(17(26)20-16(11)25)15-8-12(23)13(10-22)27-15/h9,12-13,15,22-23H,1-8,10,18H2,(H,19,24)(H,20,25,26)/t12-,13+,15+/m0/s1. The first-order valence-corrected chi connectivity index (χ1v) is 9.21. The molecule has 2 heterocycles. The molecule has 1 aromatic rings. The second-order valence-electron chi connectivity index (χ2n) is 6.67. The molecule has 0 aliphatic carbocycles. The van der Waals surface area contributed by atoms with Crippen LogP contribution in [-0.4, -0.2) is 57.6 Å². The van der Waals surface area contributed by atoms with Gasteiger partial charge < -0.3 is 26.0 Å². The molecule has 2 rings (SSSR count). The van der Waals surface area contributed by atoms with Crippen LogP contribution in [0.1, 0.15) is 43.9 Å². The molecule has 1 fully saturated rings. The van der Waals surface area contributed by atoms with E-state index >= 15 is 0 Å². The zero-order valence-corrected chi connectivity index (χ0v) is 15.2. The number of aromatic nitrogens is 2. The zero-order chi connectivity index (χ0) is 19.8. The highest BCUT2D eigenvalue weighted by molar-refractivity contribution is 5.78. The minimum Gasteiger partial charge on any atom is -0.394 e. The van der Waals surface area contributed by atoms with E-state index in [1.807, 2.05) is 0 Å². The van der Waals surface area contributed by atoms with Crippen LogP contribution >= 0.6 is 0 Å². The van der Waals surface area contributed by atoms with Crippen molar-refractivity contribution in [1.82, 2.24) is 14.9 Å². The van der Waals surface area contributed by atoms with Gasteiger partial charge in [-0.3, -0.25) is 19.1 Å². The number of nitrogens with one attached hydrogen (secondary N) is 2. The summed E-state index contributed by atoms with van der Waals surface area (Å²) in [6.07, 6.45) is 2.46. The zero-order valence-electron chi connectivity index (χ0n) is 15.2. The first kappa shape index (κ1) is 21.3. The lowest BCUT2D eigenvalue weighted by Gasteiger charge is -2.15. The van der Waals surface area contributed by atoms with Gasteiger partial charge in [-0.25, -0.2) is 4.79 Å². The SMILES string of the molecule is NCCCCCCNC(=O)Cc1cn([C@H]2C[C@H](O)[C@@H](CO)O2)c(=O)[nH]c1=O. The maximum absolute atomic E-state index is 12.0. The third-order valence-corrected chi connectivity index (χ3v) is 4.54. The van der Waals surface area contributed by atoms with Gasteiger partial charge in [0.2, 0.25) is 5.91 Å². The fourth-order valence-corrected chi connectivity index (χ4v) is 3.00. The Labute approximate surface area is 156 Å². The van der Waals surface area contributed by atoms with Gasteiger partial charge in [0, 0.05) is 24.7 Å². The largest absolute Gasteiger partial charge is 0.394 e. The Kier molecular flexibility index (Phi) is 8.17. The Morgan fingerprint density at radius 2 is 2.07 bits per heavy atom. The van der Waals surface area contributed by atoms with E-state index in [0.29, 0.717) is 13.1 Å². The van der Waals surface area contributed by atoms with E-state index in [9.17, 15) is 19.5 Å². The number of ether oxygens (including phenoxy) is 1. The second kappa shape index (κ2) is 10.4. The molecule has 1 aliphatic heterocycles. The van der Waals surface area contributed by atoms with E-state index in [0.717, 1.165) is 30.3 Å². The minimum atomic E-state index is -0.912. The molecule has 0 spiro atoms. The number of H-pyrrole nitrogens is 1. The van der Waals surface area contributed by atoms with Crippen LogP contribution < -0.4 is 22.3 Å². The van der Waals surface area contributed by atoms with Gasteiger partial charge in [0.1, 0.15) is 12.3 Å². The van der Waals surface area contributed by atoms with E-state index in [2.05, 4.69) is 10.3 Å². The van der Waals surface area contributed by atoms with Crippen LogP contribution in [0.4, 0.5) is 0 Å². The molecule has 27 heavy (non-hydrogen) atoms. The van der Waals surface area contributed by atoms with Crippen molar-refractivity contribution in [3.05, 3.63) is 32.6 Å². The lowest BCUT2D eigenvalue weighted by atomic mass is 10.2. The fraction of sp³-hybridized carbons (Fsp3) is 0.706. The van der Waals surface area contributed by atoms with Crippen molar-refractivity contribution in [3.8, 4) is 0 Å². The first-order valence-electron chi connectivity index (χ1n) is 9.21. The Hall–Kier alpha value is -2.01. The highest BCUT2D eigenvalue weighted by Crippen LogP contribution is 2.27. The lowest BCUT2D eigenvalue weighted by Crippen LogP contribution is -2.36. The van der Waals surface area contributed by atoms with Gasteiger partial charge in [0.25, 0.3) is 5.56 Å². The summed E-state index contributed by atoms with van der Waals surface area (Å²) in [5.41, 5.74) is 4.22. The molecule has 10 nitrogen and oxygen atoms in total. The number of rotatable bonds is 10. The van der Waals surface area contributed by atoms with Crippen molar-refractivity contribution < 1.29 is 19.7 Å². The van der Waals surface area contributed by atoms with Crippen LogP contribution in [0.15, 0.2) is 15.8 Å². The maximum atomic E-state index is 12.0. The topological polar surface area (TPSA) is 160 Å². The van der Waals surface area contributed by atoms with Crippen LogP contribution in [0, 0.1) is 0 Å². The van der Waals surface area contributed by atoms with E-state index < -0.39 is 29.7 Å². The number of amides is 1. The van der Waals surface area contributed by atoms with Crippen molar-refractivity contribution in [2.75, 3.05) is 19.7 Å². The molecule has 1 aromatic heterocycles. The van der Waals surface area contributed by atoms with Crippen LogP contribution in [-0.2, 0) is 16.0 Å². The summed E-state index contributed by atoms with van der Waals surface area (Å²) in [4.78, 5) is 38.2. The molecule has 1 saturated heterocycles. The van der Waals surface area contributed by atoms with Crippen LogP contribution in [0.5, 0.6) is 0 Å². The average Bonchev–Trinajstić information content (AvgIpc) is 3.01. The predicted octanol–water partition coefficient (Wildman–Crippen LogP) is -1.64. The van der Waals surface area contributed by atoms with Crippen LogP contribution in [0.2, 0.25) is 0 Å². The summed E-state index contributed by atoms with van der Waals surface area (Å²) in [6.45, 7) is 0.791. The minimum absolute atomic E-state index is 0.103. The number of aliphatic hydroxyl groups excluding tert-OH is 2. The summed E-state index contributed by atoms with van der Waals surface area (Å²) in [6, 6.07) is 0. The maximum Gasteiger partial charge on any atom is 0.330 e. The van der Waals surface area contributed by atoms with E-state index in [4.69, 9.17) is 15.6 Å². The van der Waals surface area contributed by atoms with Crippen molar-refractivity contribution in [2.45, 2.75) is 57.0 Å². The highest BCUT2D eigenvalue weighted by Gasteiger charge is 2.35. The fourth-order valence-electron chi connectivity index (χ4n) is 3.00. The molecular formula is C17H28N4O6. The third-order valence-electron chi connectivity index (χ3n) is 4.54. The summed E-state index contributed by atoms with van der Waals surface area (Å²) < 4.78 is 6.57. The highest BCUT2D eigenvalue weighted by atomic mass is 16.5. The third kappa shape index (κ3) is 5.99. The van der Waals surface area contributed by atoms with Crippen molar-refractivity contribution in [3.63, 3.8) is 0 Å². The Morgan fingerprint density at radius 1 is 1.33 bits per heavy atom. The molecule has 1 amide bonds. The number of nitrogens with two attached hydrogens (primary N) is 1. The number of hydrogen-bond acceptors (Lipinski definition) is 7. The first-order chi connectivity index (χ1) is 13.0. The van der Waals surface area contributed by atoms with Gasteiger partial charge in [-0.2, -0.15) is 0 Å². The second-order valence-corrected chi connectivity index (χ2v) is 6.67. The summed E-state index contributed by atoms with van der Waals surface area (Å²) in [5, 5.41) is 21.7. The molecule has 0 bridgehead atoms. The number of nitrogens with zero attached hydrogens (tertiary/aromatic N) is 1. The molecule has 0 radical (unpaired) electrons. The normalized spacial score (nSPS) is 22.1. The monoisotopic (exact) mass is 384 g/mol.